The van der Waals surface area contributed by atoms with Crippen LogP contribution in [0.25, 0.3) is 0 Å². The van der Waals surface area contributed by atoms with Gasteiger partial charge in [0.1, 0.15) is 0 Å². The van der Waals surface area contributed by atoms with Gasteiger partial charge in [-0.05, 0) is 31.2 Å². The lowest BCUT2D eigenvalue weighted by Crippen LogP contribution is -2.18. The van der Waals surface area contributed by atoms with E-state index in [0.29, 0.717) is 12.3 Å². The Balaban J connectivity index is 2.68. The van der Waals surface area contributed by atoms with Gasteiger partial charge >= 0.3 is 5.97 Å². The molecule has 1 rings (SSSR count). The van der Waals surface area contributed by atoms with Crippen LogP contribution in [0.4, 0.5) is 0 Å². The summed E-state index contributed by atoms with van der Waals surface area (Å²) in [5.41, 5.74) is 2.32. The van der Waals surface area contributed by atoms with E-state index >= 15 is 0 Å². The smallest absolute Gasteiger partial charge is 0.306 e. The first kappa shape index (κ1) is 12.8. The van der Waals surface area contributed by atoms with E-state index < -0.39 is 5.97 Å². The van der Waals surface area contributed by atoms with Crippen LogP contribution in [0.15, 0.2) is 24.3 Å². The first-order valence-electron chi connectivity index (χ1n) is 5.77. The van der Waals surface area contributed by atoms with Crippen LogP contribution in [0.3, 0.4) is 0 Å². The second-order valence-corrected chi connectivity index (χ2v) is 4.85. The van der Waals surface area contributed by atoms with Crippen LogP contribution in [0, 0.1) is 18.8 Å². The summed E-state index contributed by atoms with van der Waals surface area (Å²) in [7, 11) is 0. The molecule has 88 valence electrons. The van der Waals surface area contributed by atoms with Gasteiger partial charge in [0.2, 0.25) is 0 Å². The molecule has 0 aliphatic carbocycles. The molecule has 0 aliphatic rings. The standard InChI is InChI=1S/C14H20O2/c1-10(2)8-13(14(15)16)9-12-6-4-11(3)5-7-12/h4-7,10,13H,8-9H2,1-3H3,(H,15,16). The van der Waals surface area contributed by atoms with Gasteiger partial charge in [-0.1, -0.05) is 43.7 Å². The molecule has 0 aromatic heterocycles. The van der Waals surface area contributed by atoms with Gasteiger partial charge in [-0.2, -0.15) is 0 Å². The van der Waals surface area contributed by atoms with Crippen molar-refractivity contribution in [2.45, 2.75) is 33.6 Å². The Kier molecular flexibility index (Phi) is 4.53. The van der Waals surface area contributed by atoms with Crippen molar-refractivity contribution >= 4 is 5.97 Å². The predicted molar refractivity (Wildman–Crippen MR) is 65.5 cm³/mol. The van der Waals surface area contributed by atoms with Gasteiger partial charge < -0.3 is 5.11 Å². The Labute approximate surface area is 97.3 Å². The lowest BCUT2D eigenvalue weighted by Gasteiger charge is -2.14. The summed E-state index contributed by atoms with van der Waals surface area (Å²) in [6.07, 6.45) is 1.37. The van der Waals surface area contributed by atoms with Crippen molar-refractivity contribution < 1.29 is 9.90 Å². The molecule has 1 atom stereocenters. The van der Waals surface area contributed by atoms with Crippen LogP contribution in [0.5, 0.6) is 0 Å². The maximum atomic E-state index is 11.1. The van der Waals surface area contributed by atoms with Gasteiger partial charge in [-0.3, -0.25) is 4.79 Å². The van der Waals surface area contributed by atoms with Crippen LogP contribution in [0.1, 0.15) is 31.4 Å². The summed E-state index contributed by atoms with van der Waals surface area (Å²) in [6, 6.07) is 8.10. The molecule has 0 saturated carbocycles. The summed E-state index contributed by atoms with van der Waals surface area (Å²) in [4.78, 5) is 11.1. The first-order valence-corrected chi connectivity index (χ1v) is 5.77. The summed E-state index contributed by atoms with van der Waals surface area (Å²) in [5, 5.41) is 9.14. The molecule has 1 N–H and O–H groups in total. The van der Waals surface area contributed by atoms with E-state index in [1.165, 1.54) is 5.56 Å². The molecule has 1 unspecified atom stereocenters. The molecule has 1 aromatic rings. The lowest BCUT2D eigenvalue weighted by atomic mass is 9.91. The molecule has 2 nitrogen and oxygen atoms in total. The van der Waals surface area contributed by atoms with Crippen molar-refractivity contribution in [2.75, 3.05) is 0 Å². The number of aliphatic carboxylic acids is 1. The topological polar surface area (TPSA) is 37.3 Å². The van der Waals surface area contributed by atoms with Gasteiger partial charge in [-0.25, -0.2) is 0 Å². The number of benzene rings is 1. The minimum Gasteiger partial charge on any atom is -0.481 e. The van der Waals surface area contributed by atoms with Crippen molar-refractivity contribution in [3.05, 3.63) is 35.4 Å². The van der Waals surface area contributed by atoms with Crippen LogP contribution in [-0.4, -0.2) is 11.1 Å². The van der Waals surface area contributed by atoms with Gasteiger partial charge in [0.05, 0.1) is 5.92 Å². The minimum atomic E-state index is -0.686. The van der Waals surface area contributed by atoms with E-state index in [9.17, 15) is 4.79 Å². The Morgan fingerprint density at radius 3 is 2.25 bits per heavy atom. The number of aryl methyl sites for hydroxylation is 1. The van der Waals surface area contributed by atoms with Crippen LogP contribution >= 0.6 is 0 Å². The third-order valence-corrected chi connectivity index (χ3v) is 2.71. The Hall–Kier alpha value is -1.31. The number of carboxylic acids is 1. The molecule has 0 bridgehead atoms. The van der Waals surface area contributed by atoms with E-state index in [1.54, 1.807) is 0 Å². The van der Waals surface area contributed by atoms with Crippen molar-refractivity contribution in [1.29, 1.82) is 0 Å². The number of hydrogen-bond acceptors (Lipinski definition) is 1. The monoisotopic (exact) mass is 220 g/mol. The molecule has 0 spiro atoms. The highest BCUT2D eigenvalue weighted by Crippen LogP contribution is 2.18. The second kappa shape index (κ2) is 5.69. The zero-order chi connectivity index (χ0) is 12.1. The number of hydrogen-bond donors (Lipinski definition) is 1. The Morgan fingerprint density at radius 1 is 1.25 bits per heavy atom. The van der Waals surface area contributed by atoms with Crippen LogP contribution in [-0.2, 0) is 11.2 Å². The molecule has 0 amide bonds. The van der Waals surface area contributed by atoms with Gasteiger partial charge in [0, 0.05) is 0 Å². The Morgan fingerprint density at radius 2 is 1.81 bits per heavy atom. The molecule has 1 aromatic carbocycles. The van der Waals surface area contributed by atoms with Gasteiger partial charge in [-0.15, -0.1) is 0 Å². The average Bonchev–Trinajstić information content (AvgIpc) is 2.19. The number of carboxylic acid groups (broad SMARTS) is 1. The van der Waals surface area contributed by atoms with Crippen molar-refractivity contribution in [1.82, 2.24) is 0 Å². The largest absolute Gasteiger partial charge is 0.481 e. The summed E-state index contributed by atoms with van der Waals surface area (Å²) in [6.45, 7) is 6.16. The van der Waals surface area contributed by atoms with E-state index in [1.807, 2.05) is 31.2 Å². The zero-order valence-corrected chi connectivity index (χ0v) is 10.2. The van der Waals surface area contributed by atoms with E-state index in [0.717, 1.165) is 12.0 Å². The lowest BCUT2D eigenvalue weighted by molar-refractivity contribution is -0.142. The predicted octanol–water partition coefficient (Wildman–Crippen LogP) is 3.28. The van der Waals surface area contributed by atoms with Crippen molar-refractivity contribution in [3.8, 4) is 0 Å². The fraction of sp³-hybridized carbons (Fsp3) is 0.500. The van der Waals surface area contributed by atoms with Gasteiger partial charge in [0.15, 0.2) is 0 Å². The molecule has 0 aliphatic heterocycles. The van der Waals surface area contributed by atoms with Crippen LogP contribution in [0.2, 0.25) is 0 Å². The number of rotatable bonds is 5. The molecular formula is C14H20O2. The van der Waals surface area contributed by atoms with Gasteiger partial charge in [0.25, 0.3) is 0 Å². The first-order chi connectivity index (χ1) is 7.49. The fourth-order valence-corrected chi connectivity index (χ4v) is 1.85. The van der Waals surface area contributed by atoms with E-state index in [4.69, 9.17) is 5.11 Å². The molecule has 0 radical (unpaired) electrons. The van der Waals surface area contributed by atoms with E-state index in [-0.39, 0.29) is 5.92 Å². The third kappa shape index (κ3) is 4.05. The maximum absolute atomic E-state index is 11.1. The highest BCUT2D eigenvalue weighted by atomic mass is 16.4. The fourth-order valence-electron chi connectivity index (χ4n) is 1.85. The zero-order valence-electron chi connectivity index (χ0n) is 10.2. The summed E-state index contributed by atoms with van der Waals surface area (Å²) >= 11 is 0. The minimum absolute atomic E-state index is 0.261. The average molecular weight is 220 g/mol. The number of carbonyl (C=O) groups is 1. The van der Waals surface area contributed by atoms with Crippen molar-refractivity contribution in [3.63, 3.8) is 0 Å². The Bertz CT molecular complexity index is 338. The summed E-state index contributed by atoms with van der Waals surface area (Å²) < 4.78 is 0. The van der Waals surface area contributed by atoms with Crippen LogP contribution < -0.4 is 0 Å². The third-order valence-electron chi connectivity index (χ3n) is 2.71. The summed E-state index contributed by atoms with van der Waals surface area (Å²) in [5.74, 6) is -0.525. The molecular weight excluding hydrogens is 200 g/mol. The second-order valence-electron chi connectivity index (χ2n) is 4.85. The SMILES string of the molecule is Cc1ccc(CC(CC(C)C)C(=O)O)cc1. The molecule has 0 heterocycles. The van der Waals surface area contributed by atoms with E-state index in [2.05, 4.69) is 13.8 Å². The van der Waals surface area contributed by atoms with Crippen molar-refractivity contribution in [2.24, 2.45) is 11.8 Å². The highest BCUT2D eigenvalue weighted by Gasteiger charge is 2.19. The maximum Gasteiger partial charge on any atom is 0.306 e. The normalized spacial score (nSPS) is 12.8. The molecule has 2 heteroatoms. The molecule has 16 heavy (non-hydrogen) atoms. The highest BCUT2D eigenvalue weighted by molar-refractivity contribution is 5.70. The molecule has 0 saturated heterocycles. The molecule has 0 fully saturated rings. The quantitative estimate of drug-likeness (QED) is 0.826.